The molecular weight excluding hydrogens is 139 g/mol. The van der Waals surface area contributed by atoms with Crippen LogP contribution < -0.4 is 0 Å². The van der Waals surface area contributed by atoms with E-state index in [9.17, 15) is 4.39 Å². The van der Waals surface area contributed by atoms with E-state index in [1.165, 1.54) is 0 Å². The highest BCUT2D eigenvalue weighted by molar-refractivity contribution is 5.15. The Balaban J connectivity index is 2.45. The zero-order valence-corrected chi connectivity index (χ0v) is 6.26. The van der Waals surface area contributed by atoms with Crippen molar-refractivity contribution >= 4 is 0 Å². The molecule has 11 heavy (non-hydrogen) atoms. The first-order chi connectivity index (χ1) is 5.29. The van der Waals surface area contributed by atoms with Crippen LogP contribution in [0.4, 0.5) is 4.39 Å². The van der Waals surface area contributed by atoms with Crippen LogP contribution in [0.3, 0.4) is 0 Å². The molecule has 0 N–H and O–H groups in total. The van der Waals surface area contributed by atoms with Crippen LogP contribution in [0, 0.1) is 6.58 Å². The van der Waals surface area contributed by atoms with Gasteiger partial charge in [0, 0.05) is 6.42 Å². The van der Waals surface area contributed by atoms with E-state index in [4.69, 9.17) is 6.58 Å². The summed E-state index contributed by atoms with van der Waals surface area (Å²) < 4.78 is 12.1. The molecule has 0 unspecified atom stereocenters. The molecule has 0 fully saturated rings. The molecule has 57 valence electrons. The van der Waals surface area contributed by atoms with Gasteiger partial charge in [0.1, 0.15) is 5.83 Å². The Hall–Kier alpha value is -1.11. The van der Waals surface area contributed by atoms with E-state index < -0.39 is 5.83 Å². The van der Waals surface area contributed by atoms with Gasteiger partial charge < -0.3 is 0 Å². The maximum Gasteiger partial charge on any atom is 0.100 e. The van der Waals surface area contributed by atoms with E-state index in [-0.39, 0.29) is 0 Å². The third-order valence-electron chi connectivity index (χ3n) is 1.50. The van der Waals surface area contributed by atoms with Crippen LogP contribution in [0.5, 0.6) is 0 Å². The van der Waals surface area contributed by atoms with Crippen molar-refractivity contribution in [1.82, 2.24) is 0 Å². The molecule has 1 aromatic rings. The van der Waals surface area contributed by atoms with Crippen molar-refractivity contribution in [3.63, 3.8) is 0 Å². The van der Waals surface area contributed by atoms with Crippen LogP contribution in [0.1, 0.15) is 12.0 Å². The molecule has 1 rings (SSSR count). The van der Waals surface area contributed by atoms with Gasteiger partial charge in [-0.1, -0.05) is 30.3 Å². The summed E-state index contributed by atoms with van der Waals surface area (Å²) in [6, 6.07) is 9.73. The van der Waals surface area contributed by atoms with Crippen molar-refractivity contribution in [2.75, 3.05) is 0 Å². The van der Waals surface area contributed by atoms with Crippen LogP contribution in [-0.2, 0) is 6.42 Å². The van der Waals surface area contributed by atoms with Gasteiger partial charge in [-0.2, -0.15) is 0 Å². The second-order valence-electron chi connectivity index (χ2n) is 2.43. The van der Waals surface area contributed by atoms with Gasteiger partial charge in [-0.3, -0.25) is 0 Å². The highest BCUT2D eigenvalue weighted by Gasteiger charge is 1.93. The standard InChI is InChI=1S/C10H10F/c1-9(11)7-8-10-5-3-2-4-6-10/h1-6H,7-8H2. The van der Waals surface area contributed by atoms with Gasteiger partial charge in [0.2, 0.25) is 0 Å². The molecule has 1 aromatic carbocycles. The maximum absolute atomic E-state index is 12.1. The summed E-state index contributed by atoms with van der Waals surface area (Å²) in [4.78, 5) is 0. The summed E-state index contributed by atoms with van der Waals surface area (Å²) in [6.07, 6.45) is 1.01. The summed E-state index contributed by atoms with van der Waals surface area (Å²) in [7, 11) is 0. The van der Waals surface area contributed by atoms with Gasteiger partial charge in [0.05, 0.1) is 0 Å². The highest BCUT2D eigenvalue weighted by atomic mass is 19.1. The van der Waals surface area contributed by atoms with Gasteiger partial charge in [-0.25, -0.2) is 4.39 Å². The normalized spacial score (nSPS) is 9.55. The van der Waals surface area contributed by atoms with E-state index in [0.717, 1.165) is 5.56 Å². The number of aryl methyl sites for hydroxylation is 1. The largest absolute Gasteiger partial charge is 0.212 e. The van der Waals surface area contributed by atoms with E-state index in [2.05, 4.69) is 0 Å². The zero-order valence-electron chi connectivity index (χ0n) is 6.26. The van der Waals surface area contributed by atoms with E-state index in [1.807, 2.05) is 30.3 Å². The van der Waals surface area contributed by atoms with E-state index >= 15 is 0 Å². The average Bonchev–Trinajstić information content (AvgIpc) is 2.03. The van der Waals surface area contributed by atoms with Crippen LogP contribution in [0.15, 0.2) is 36.2 Å². The van der Waals surface area contributed by atoms with Crippen LogP contribution >= 0.6 is 0 Å². The predicted molar refractivity (Wildman–Crippen MR) is 43.7 cm³/mol. The predicted octanol–water partition coefficient (Wildman–Crippen LogP) is 2.91. The number of allylic oxidation sites excluding steroid dienone is 1. The Labute approximate surface area is 66.4 Å². The molecule has 0 aliphatic carbocycles. The van der Waals surface area contributed by atoms with E-state index in [1.54, 1.807) is 0 Å². The van der Waals surface area contributed by atoms with E-state index in [0.29, 0.717) is 12.8 Å². The van der Waals surface area contributed by atoms with Crippen LogP contribution in [0.25, 0.3) is 0 Å². The van der Waals surface area contributed by atoms with Gasteiger partial charge in [-0.05, 0) is 18.6 Å². The Kier molecular flexibility index (Phi) is 2.84. The minimum absolute atomic E-state index is 0.323. The molecular formula is C10H10F. The molecule has 0 atom stereocenters. The fourth-order valence-electron chi connectivity index (χ4n) is 0.908. The Morgan fingerprint density at radius 2 is 1.91 bits per heavy atom. The second kappa shape index (κ2) is 3.91. The molecule has 0 nitrogen and oxygen atoms in total. The summed E-state index contributed by atoms with van der Waals surface area (Å²) >= 11 is 0. The lowest BCUT2D eigenvalue weighted by molar-refractivity contribution is 0.590. The van der Waals surface area contributed by atoms with Gasteiger partial charge in [-0.15, -0.1) is 0 Å². The van der Waals surface area contributed by atoms with Crippen LogP contribution in [-0.4, -0.2) is 0 Å². The summed E-state index contributed by atoms with van der Waals surface area (Å²) in [5.41, 5.74) is 1.12. The number of hydrogen-bond acceptors (Lipinski definition) is 0. The molecule has 1 radical (unpaired) electrons. The SMILES string of the molecule is [CH]=C(F)CCc1ccccc1. The first kappa shape index (κ1) is 7.99. The summed E-state index contributed by atoms with van der Waals surface area (Å²) in [6.45, 7) is 4.89. The smallest absolute Gasteiger partial charge is 0.100 e. The lowest BCUT2D eigenvalue weighted by Crippen LogP contribution is -1.83. The summed E-state index contributed by atoms with van der Waals surface area (Å²) in [5, 5.41) is 0. The maximum atomic E-state index is 12.1. The van der Waals surface area contributed by atoms with Crippen molar-refractivity contribution in [1.29, 1.82) is 0 Å². The van der Waals surface area contributed by atoms with Gasteiger partial charge >= 0.3 is 0 Å². The Morgan fingerprint density at radius 1 is 1.27 bits per heavy atom. The Morgan fingerprint density at radius 3 is 2.45 bits per heavy atom. The molecule has 0 amide bonds. The molecule has 0 saturated carbocycles. The lowest BCUT2D eigenvalue weighted by atomic mass is 10.1. The third-order valence-corrected chi connectivity index (χ3v) is 1.50. The fourth-order valence-corrected chi connectivity index (χ4v) is 0.908. The molecule has 0 spiro atoms. The summed E-state index contributed by atoms with van der Waals surface area (Å²) in [5.74, 6) is -0.492. The van der Waals surface area contributed by atoms with Gasteiger partial charge in [0.25, 0.3) is 0 Å². The van der Waals surface area contributed by atoms with Crippen molar-refractivity contribution < 1.29 is 4.39 Å². The minimum Gasteiger partial charge on any atom is -0.212 e. The average molecular weight is 149 g/mol. The third kappa shape index (κ3) is 2.99. The first-order valence-corrected chi connectivity index (χ1v) is 3.60. The molecule has 0 aliphatic heterocycles. The van der Waals surface area contributed by atoms with Crippen LogP contribution in [0.2, 0.25) is 0 Å². The molecule has 1 heteroatoms. The number of rotatable bonds is 3. The quantitative estimate of drug-likeness (QED) is 0.619. The first-order valence-electron chi connectivity index (χ1n) is 3.60. The van der Waals surface area contributed by atoms with Gasteiger partial charge in [0.15, 0.2) is 0 Å². The molecule has 0 heterocycles. The molecule has 0 aliphatic rings. The zero-order chi connectivity index (χ0) is 8.10. The number of benzene rings is 1. The topological polar surface area (TPSA) is 0 Å². The molecule has 0 bridgehead atoms. The lowest BCUT2D eigenvalue weighted by Gasteiger charge is -1.96. The second-order valence-corrected chi connectivity index (χ2v) is 2.43. The highest BCUT2D eigenvalue weighted by Crippen LogP contribution is 2.07. The van der Waals surface area contributed by atoms with Crippen molar-refractivity contribution in [2.45, 2.75) is 12.8 Å². The monoisotopic (exact) mass is 149 g/mol. The Bertz CT molecular complexity index is 226. The molecule has 0 aromatic heterocycles. The van der Waals surface area contributed by atoms with Crippen molar-refractivity contribution in [2.24, 2.45) is 0 Å². The number of hydrogen-bond donors (Lipinski definition) is 0. The van der Waals surface area contributed by atoms with Crippen molar-refractivity contribution in [3.8, 4) is 0 Å². The number of halogens is 1. The fraction of sp³-hybridized carbons (Fsp3) is 0.200. The molecule has 0 saturated heterocycles. The minimum atomic E-state index is -0.492. The van der Waals surface area contributed by atoms with Crippen molar-refractivity contribution in [3.05, 3.63) is 48.3 Å².